The van der Waals surface area contributed by atoms with Gasteiger partial charge in [0.1, 0.15) is 6.42 Å². The van der Waals surface area contributed by atoms with Crippen LogP contribution in [0, 0.1) is 17.3 Å². The first-order valence-electron chi connectivity index (χ1n) is 16.6. The van der Waals surface area contributed by atoms with Crippen LogP contribution in [0.25, 0.3) is 0 Å². The second-order valence-electron chi connectivity index (χ2n) is 13.1. The van der Waals surface area contributed by atoms with Crippen molar-refractivity contribution in [2.45, 2.75) is 131 Å². The van der Waals surface area contributed by atoms with Gasteiger partial charge in [-0.1, -0.05) is 34.6 Å². The van der Waals surface area contributed by atoms with E-state index in [2.05, 4.69) is 23.7 Å². The van der Waals surface area contributed by atoms with Crippen LogP contribution < -0.4 is 0 Å². The Morgan fingerprint density at radius 3 is 1.27 bits per heavy atom. The molecule has 0 aliphatic heterocycles. The van der Waals surface area contributed by atoms with Gasteiger partial charge in [0.25, 0.3) is 5.92 Å². The second-order valence-corrected chi connectivity index (χ2v) is 13.1. The summed E-state index contributed by atoms with van der Waals surface area (Å²) in [6.45, 7) is 9.58. The number of hydrogen-bond acceptors (Lipinski definition) is 12. The number of esters is 6. The Kier molecular flexibility index (Phi) is 24.1. The highest BCUT2D eigenvalue weighted by Gasteiger charge is 2.45. The summed E-state index contributed by atoms with van der Waals surface area (Å²) < 4.78 is 159. The number of ether oxygens (including phenoxy) is 6. The van der Waals surface area contributed by atoms with Gasteiger partial charge < -0.3 is 28.4 Å². The Morgan fingerprint density at radius 2 is 0.946 bits per heavy atom. The van der Waals surface area contributed by atoms with E-state index in [1.54, 1.807) is 41.5 Å². The minimum absolute atomic E-state index is 0.393. The summed E-state index contributed by atoms with van der Waals surface area (Å²) in [7, 11) is 0. The molecule has 0 saturated carbocycles. The lowest BCUT2D eigenvalue weighted by molar-refractivity contribution is -0.227. The molecule has 0 fully saturated rings. The smallest absolute Gasteiger partial charge is 0.425 e. The predicted molar refractivity (Wildman–Crippen MR) is 170 cm³/mol. The normalized spacial score (nSPS) is 13.9. The lowest BCUT2D eigenvalue weighted by Gasteiger charge is -2.29. The monoisotopic (exact) mass is 846 g/mol. The fraction of sp³-hybridized carbons (Fsp3) is 0.818. The van der Waals surface area contributed by atoms with Crippen LogP contribution in [-0.4, -0.2) is 98.4 Å². The van der Waals surface area contributed by atoms with Crippen molar-refractivity contribution in [2.24, 2.45) is 17.3 Å². The molecule has 0 saturated heterocycles. The fourth-order valence-corrected chi connectivity index (χ4v) is 2.58. The Labute approximate surface area is 316 Å². The summed E-state index contributed by atoms with van der Waals surface area (Å²) in [6.07, 6.45) is -17.5. The summed E-state index contributed by atoms with van der Waals surface area (Å²) in [5.74, 6) is -10.9. The topological polar surface area (TPSA) is 158 Å². The van der Waals surface area contributed by atoms with Crippen molar-refractivity contribution in [1.29, 1.82) is 0 Å². The largest absolute Gasteiger partial charge is 0.457 e. The van der Waals surface area contributed by atoms with Gasteiger partial charge in [-0.2, -0.15) is 39.5 Å². The maximum atomic E-state index is 12.8. The van der Waals surface area contributed by atoms with Crippen molar-refractivity contribution in [2.75, 3.05) is 26.4 Å². The summed E-state index contributed by atoms with van der Waals surface area (Å²) in [4.78, 5) is 67.3. The minimum Gasteiger partial charge on any atom is -0.457 e. The molecule has 0 amide bonds. The lowest BCUT2D eigenvalue weighted by Crippen LogP contribution is -2.45. The Hall–Kier alpha value is -3.95. The van der Waals surface area contributed by atoms with Crippen LogP contribution in [0.1, 0.15) is 94.9 Å². The first-order valence-corrected chi connectivity index (χ1v) is 16.6. The lowest BCUT2D eigenvalue weighted by atomic mass is 9.90. The van der Waals surface area contributed by atoms with Gasteiger partial charge >= 0.3 is 54.3 Å². The molecule has 0 aromatic carbocycles. The van der Waals surface area contributed by atoms with Crippen LogP contribution in [-0.2, 0) is 57.2 Å². The molecule has 0 spiro atoms. The van der Waals surface area contributed by atoms with Gasteiger partial charge in [0.2, 0.25) is 5.60 Å². The molecule has 3 unspecified atom stereocenters. The van der Waals surface area contributed by atoms with Crippen LogP contribution in [0.15, 0.2) is 0 Å². The minimum atomic E-state index is -5.07. The Balaban J connectivity index is -0.000000758. The average molecular weight is 847 g/mol. The molecule has 0 aromatic heterocycles. The van der Waals surface area contributed by atoms with Crippen molar-refractivity contribution >= 4 is 35.8 Å². The number of carbonyl (C=O) groups excluding carboxylic acids is 6. The molecule has 0 radical (unpaired) electrons. The van der Waals surface area contributed by atoms with E-state index in [9.17, 15) is 77.1 Å². The van der Waals surface area contributed by atoms with Gasteiger partial charge in [-0.25, -0.2) is 23.2 Å². The van der Waals surface area contributed by atoms with Gasteiger partial charge in [0.15, 0.2) is 32.5 Å². The molecule has 330 valence electrons. The molecule has 0 heterocycles. The molecular formula is C33H49F11O12. The molecule has 0 aliphatic carbocycles. The Morgan fingerprint density at radius 1 is 0.554 bits per heavy atom. The highest BCUT2D eigenvalue weighted by molar-refractivity contribution is 5.84. The van der Waals surface area contributed by atoms with Crippen LogP contribution in [0.2, 0.25) is 0 Å². The molecule has 23 heteroatoms. The molecule has 0 bridgehead atoms. The van der Waals surface area contributed by atoms with Gasteiger partial charge in [-0.3, -0.25) is 14.4 Å². The van der Waals surface area contributed by atoms with Crippen LogP contribution >= 0.6 is 0 Å². The van der Waals surface area contributed by atoms with Crippen LogP contribution in [0.5, 0.6) is 0 Å². The molecule has 12 nitrogen and oxygen atoms in total. The third-order valence-electron chi connectivity index (χ3n) is 7.01. The predicted octanol–water partition coefficient (Wildman–Crippen LogP) is 7.63. The fourth-order valence-electron chi connectivity index (χ4n) is 2.58. The van der Waals surface area contributed by atoms with Crippen molar-refractivity contribution < 1.29 is 105 Å². The van der Waals surface area contributed by atoms with Gasteiger partial charge in [0.05, 0.1) is 17.3 Å². The van der Waals surface area contributed by atoms with Crippen molar-refractivity contribution in [3.63, 3.8) is 0 Å². The number of halogens is 11. The maximum Gasteiger partial charge on any atom is 0.425 e. The van der Waals surface area contributed by atoms with E-state index >= 15 is 0 Å². The summed E-state index contributed by atoms with van der Waals surface area (Å²) >= 11 is 0. The zero-order valence-electron chi connectivity index (χ0n) is 32.4. The molecule has 0 rings (SSSR count). The highest BCUT2D eigenvalue weighted by atomic mass is 19.4. The van der Waals surface area contributed by atoms with E-state index in [-0.39, 0.29) is 0 Å². The molecular weight excluding hydrogens is 797 g/mol. The molecule has 0 aliphatic rings. The van der Waals surface area contributed by atoms with E-state index in [1.165, 1.54) is 20.8 Å². The summed E-state index contributed by atoms with van der Waals surface area (Å²) in [5.41, 5.74) is -2.60. The molecule has 0 aromatic rings. The first-order chi connectivity index (χ1) is 25.0. The van der Waals surface area contributed by atoms with Crippen molar-refractivity contribution in [3.05, 3.63) is 0 Å². The van der Waals surface area contributed by atoms with E-state index in [0.29, 0.717) is 26.2 Å². The van der Waals surface area contributed by atoms with Crippen LogP contribution in [0.3, 0.4) is 0 Å². The zero-order valence-corrected chi connectivity index (χ0v) is 32.4. The standard InChI is InChI=1S/C13H21F3O4.C11H15F5O4.C9H13F3O4/c1-7-11(3,4)9(17)20-12(5,6)10(18)19-8(2)13(14,15)16;1-3-7(2)9(18)19-4-8(17)20-6-10(12,13)5-11(14,15)16;1-3-6(2)8(14)15-4-7(13)16-5-9(10,11)12/h8H,7H2,1-6H3;7H,3-6H2,1-2H3;6H,3-5H2,1-2H3. The maximum absolute atomic E-state index is 12.8. The van der Waals surface area contributed by atoms with E-state index in [1.807, 2.05) is 0 Å². The zero-order chi connectivity index (χ0) is 45.1. The van der Waals surface area contributed by atoms with E-state index in [4.69, 9.17) is 4.74 Å². The third kappa shape index (κ3) is 27.6. The summed E-state index contributed by atoms with van der Waals surface area (Å²) in [5, 5.41) is 0. The first kappa shape index (κ1) is 56.4. The molecule has 0 N–H and O–H groups in total. The number of alkyl halides is 11. The quantitative estimate of drug-likeness (QED) is 0.0803. The third-order valence-corrected chi connectivity index (χ3v) is 7.01. The average Bonchev–Trinajstić information content (AvgIpc) is 3.05. The number of rotatable bonds is 17. The second kappa shape index (κ2) is 24.0. The molecule has 56 heavy (non-hydrogen) atoms. The van der Waals surface area contributed by atoms with E-state index < -0.39 is 122 Å². The van der Waals surface area contributed by atoms with Crippen molar-refractivity contribution in [3.8, 4) is 0 Å². The van der Waals surface area contributed by atoms with Gasteiger partial charge in [0, 0.05) is 0 Å². The van der Waals surface area contributed by atoms with Crippen molar-refractivity contribution in [1.82, 2.24) is 0 Å². The van der Waals surface area contributed by atoms with Gasteiger partial charge in [-0.15, -0.1) is 0 Å². The Bertz CT molecular complexity index is 1260. The van der Waals surface area contributed by atoms with E-state index in [0.717, 1.165) is 0 Å². The molecule has 3 atom stereocenters. The van der Waals surface area contributed by atoms with Gasteiger partial charge in [-0.05, 0) is 53.9 Å². The SMILES string of the molecule is CCC(C)(C)C(=O)OC(C)(C)C(=O)OC(C)C(F)(F)F.CCC(C)C(=O)OCC(=O)OCC(F)(F)CC(F)(F)F.CCC(C)C(=O)OCC(=O)OCC(F)(F)F. The number of carbonyl (C=O) groups is 6. The summed E-state index contributed by atoms with van der Waals surface area (Å²) in [6, 6.07) is 0. The highest BCUT2D eigenvalue weighted by Crippen LogP contribution is 2.32. The number of hydrogen-bond donors (Lipinski definition) is 0. The van der Waals surface area contributed by atoms with Crippen LogP contribution in [0.4, 0.5) is 48.3 Å².